The summed E-state index contributed by atoms with van der Waals surface area (Å²) in [5, 5.41) is 5.38. The van der Waals surface area contributed by atoms with E-state index in [0.717, 1.165) is 26.5 Å². The first-order chi connectivity index (χ1) is 8.65. The lowest BCUT2D eigenvalue weighted by atomic mass is 10.1. The van der Waals surface area contributed by atoms with E-state index in [1.54, 1.807) is 11.3 Å². The van der Waals surface area contributed by atoms with Crippen molar-refractivity contribution in [2.24, 2.45) is 0 Å². The van der Waals surface area contributed by atoms with E-state index in [-0.39, 0.29) is 0 Å². The Hall–Kier alpha value is -0.970. The van der Waals surface area contributed by atoms with Gasteiger partial charge in [-0.3, -0.25) is 0 Å². The molecule has 2 heterocycles. The maximum absolute atomic E-state index is 6.25. The van der Waals surface area contributed by atoms with Crippen LogP contribution in [-0.2, 0) is 0 Å². The second-order valence-electron chi connectivity index (χ2n) is 3.99. The molecule has 0 unspecified atom stereocenters. The molecule has 0 radical (unpaired) electrons. The average molecular weight is 340 g/mol. The van der Waals surface area contributed by atoms with E-state index in [1.807, 2.05) is 35.9 Å². The third-order valence-electron chi connectivity index (χ3n) is 2.63. The lowest BCUT2D eigenvalue weighted by Gasteiger charge is -2.06. The van der Waals surface area contributed by atoms with Crippen LogP contribution in [0.4, 0.5) is 0 Å². The molecule has 0 atom stereocenters. The Morgan fingerprint density at radius 1 is 1.28 bits per heavy atom. The quantitative estimate of drug-likeness (QED) is 0.578. The van der Waals surface area contributed by atoms with Gasteiger partial charge in [-0.15, -0.1) is 0 Å². The van der Waals surface area contributed by atoms with Crippen LogP contribution in [0.1, 0.15) is 5.56 Å². The van der Waals surface area contributed by atoms with Crippen LogP contribution in [0.3, 0.4) is 0 Å². The fraction of sp³-hybridized carbons (Fsp3) is 0.0769. The van der Waals surface area contributed by atoms with Gasteiger partial charge >= 0.3 is 0 Å². The minimum absolute atomic E-state index is 0.491. The van der Waals surface area contributed by atoms with Gasteiger partial charge in [0.05, 0.1) is 5.52 Å². The zero-order valence-corrected chi connectivity index (χ0v) is 12.6. The summed E-state index contributed by atoms with van der Waals surface area (Å²) in [5.74, 6) is 0.665. The van der Waals surface area contributed by atoms with E-state index in [9.17, 15) is 0 Å². The molecule has 2 aromatic heterocycles. The summed E-state index contributed by atoms with van der Waals surface area (Å²) in [7, 11) is 0. The highest BCUT2D eigenvalue weighted by atomic mass is 79.9. The third-order valence-corrected chi connectivity index (χ3v) is 4.21. The Morgan fingerprint density at radius 3 is 2.83 bits per heavy atom. The van der Waals surface area contributed by atoms with Gasteiger partial charge in [-0.1, -0.05) is 11.6 Å². The molecule has 5 heteroatoms. The van der Waals surface area contributed by atoms with E-state index in [4.69, 9.17) is 11.6 Å². The fourth-order valence-corrected chi connectivity index (χ4v) is 3.33. The number of halogens is 2. The number of thiophene rings is 1. The molecule has 0 aliphatic heterocycles. The molecule has 0 bridgehead atoms. The van der Waals surface area contributed by atoms with Gasteiger partial charge in [0, 0.05) is 20.8 Å². The third kappa shape index (κ3) is 2.05. The van der Waals surface area contributed by atoms with Gasteiger partial charge in [0.25, 0.3) is 0 Å². The smallest absolute Gasteiger partial charge is 0.162 e. The number of fused-ring (bicyclic) bond motifs is 1. The van der Waals surface area contributed by atoms with Crippen LogP contribution in [-0.4, -0.2) is 9.97 Å². The number of benzene rings is 1. The number of rotatable bonds is 1. The summed E-state index contributed by atoms with van der Waals surface area (Å²) in [4.78, 5) is 8.95. The van der Waals surface area contributed by atoms with E-state index < -0.39 is 0 Å². The zero-order valence-electron chi connectivity index (χ0n) is 9.45. The molecule has 0 fully saturated rings. The van der Waals surface area contributed by atoms with E-state index >= 15 is 0 Å². The molecule has 90 valence electrons. The first-order valence-electron chi connectivity index (χ1n) is 5.31. The van der Waals surface area contributed by atoms with E-state index in [1.165, 1.54) is 0 Å². The molecule has 18 heavy (non-hydrogen) atoms. The Labute approximate surface area is 122 Å². The Bertz CT molecular complexity index is 725. The molecule has 0 aliphatic carbocycles. The van der Waals surface area contributed by atoms with Crippen molar-refractivity contribution in [3.05, 3.63) is 44.1 Å². The molecule has 3 aromatic rings. The van der Waals surface area contributed by atoms with Gasteiger partial charge in [-0.25, -0.2) is 9.97 Å². The van der Waals surface area contributed by atoms with Gasteiger partial charge in [0.1, 0.15) is 5.15 Å². The zero-order chi connectivity index (χ0) is 12.7. The van der Waals surface area contributed by atoms with Crippen molar-refractivity contribution in [1.29, 1.82) is 0 Å². The first-order valence-corrected chi connectivity index (χ1v) is 7.42. The van der Waals surface area contributed by atoms with Crippen LogP contribution in [0.25, 0.3) is 22.3 Å². The van der Waals surface area contributed by atoms with Crippen molar-refractivity contribution >= 4 is 49.8 Å². The highest BCUT2D eigenvalue weighted by Gasteiger charge is 2.11. The molecule has 0 saturated carbocycles. The van der Waals surface area contributed by atoms with Gasteiger partial charge in [0.15, 0.2) is 5.82 Å². The highest BCUT2D eigenvalue weighted by molar-refractivity contribution is 9.10. The maximum Gasteiger partial charge on any atom is 0.162 e. The van der Waals surface area contributed by atoms with Crippen molar-refractivity contribution in [2.45, 2.75) is 6.92 Å². The topological polar surface area (TPSA) is 25.8 Å². The van der Waals surface area contributed by atoms with E-state index in [2.05, 4.69) is 25.9 Å². The van der Waals surface area contributed by atoms with Crippen LogP contribution in [0, 0.1) is 6.92 Å². The molecular formula is C13H8BrClN2S. The van der Waals surface area contributed by atoms with E-state index in [0.29, 0.717) is 11.0 Å². The average Bonchev–Trinajstić information content (AvgIpc) is 2.83. The second-order valence-corrected chi connectivity index (χ2v) is 5.99. The summed E-state index contributed by atoms with van der Waals surface area (Å²) >= 11 is 11.4. The molecule has 0 N–H and O–H groups in total. The molecule has 0 amide bonds. The normalized spacial score (nSPS) is 11.1. The van der Waals surface area contributed by atoms with Crippen molar-refractivity contribution < 1.29 is 0 Å². The van der Waals surface area contributed by atoms with Crippen LogP contribution >= 0.6 is 38.9 Å². The summed E-state index contributed by atoms with van der Waals surface area (Å²) in [6, 6.07) is 6.02. The number of aryl methyl sites for hydroxylation is 1. The number of aromatic nitrogens is 2. The van der Waals surface area contributed by atoms with Crippen LogP contribution in [0.2, 0.25) is 5.15 Å². The predicted octanol–water partition coefficient (Wildman–Crippen LogP) is 5.08. The Morgan fingerprint density at radius 2 is 2.11 bits per heavy atom. The van der Waals surface area contributed by atoms with Gasteiger partial charge in [-0.2, -0.15) is 11.3 Å². The minimum Gasteiger partial charge on any atom is -0.227 e. The summed E-state index contributed by atoms with van der Waals surface area (Å²) in [6.07, 6.45) is 0. The summed E-state index contributed by atoms with van der Waals surface area (Å²) in [5.41, 5.74) is 2.97. The lowest BCUT2D eigenvalue weighted by molar-refractivity contribution is 1.22. The molecule has 0 saturated heterocycles. The molecule has 3 rings (SSSR count). The molecule has 0 spiro atoms. The predicted molar refractivity (Wildman–Crippen MR) is 80.3 cm³/mol. The summed E-state index contributed by atoms with van der Waals surface area (Å²) < 4.78 is 0.943. The second kappa shape index (κ2) is 4.61. The van der Waals surface area contributed by atoms with Gasteiger partial charge in [-0.05, 0) is 52.0 Å². The Balaban J connectivity index is 2.34. The molecule has 0 aliphatic rings. The molecule has 1 aromatic carbocycles. The van der Waals surface area contributed by atoms with Crippen molar-refractivity contribution in [3.63, 3.8) is 0 Å². The minimum atomic E-state index is 0.491. The standard InChI is InChI=1S/C13H8BrClN2S/c1-7-4-9-11(10(14)5-7)16-13(17-12(9)15)8-2-3-18-6-8/h2-6H,1H3. The largest absolute Gasteiger partial charge is 0.227 e. The maximum atomic E-state index is 6.25. The van der Waals surface area contributed by atoms with Crippen LogP contribution < -0.4 is 0 Å². The highest BCUT2D eigenvalue weighted by Crippen LogP contribution is 2.31. The monoisotopic (exact) mass is 338 g/mol. The van der Waals surface area contributed by atoms with Gasteiger partial charge in [0.2, 0.25) is 0 Å². The Kier molecular flexibility index (Phi) is 3.09. The number of hydrogen-bond acceptors (Lipinski definition) is 3. The lowest BCUT2D eigenvalue weighted by Crippen LogP contribution is -1.92. The summed E-state index contributed by atoms with van der Waals surface area (Å²) in [6.45, 7) is 2.02. The van der Waals surface area contributed by atoms with Gasteiger partial charge < -0.3 is 0 Å². The molecular weight excluding hydrogens is 332 g/mol. The van der Waals surface area contributed by atoms with Crippen LogP contribution in [0.15, 0.2) is 33.4 Å². The van der Waals surface area contributed by atoms with Crippen molar-refractivity contribution in [1.82, 2.24) is 9.97 Å². The van der Waals surface area contributed by atoms with Crippen LogP contribution in [0.5, 0.6) is 0 Å². The molecule has 2 nitrogen and oxygen atoms in total. The first kappa shape index (κ1) is 12.1. The van der Waals surface area contributed by atoms with Crippen molar-refractivity contribution in [2.75, 3.05) is 0 Å². The number of hydrogen-bond donors (Lipinski definition) is 0. The fourth-order valence-electron chi connectivity index (χ4n) is 1.81. The number of nitrogens with zero attached hydrogens (tertiary/aromatic N) is 2. The van der Waals surface area contributed by atoms with Crippen molar-refractivity contribution in [3.8, 4) is 11.4 Å². The SMILES string of the molecule is Cc1cc(Br)c2nc(-c3ccsc3)nc(Cl)c2c1.